The lowest BCUT2D eigenvalue weighted by Crippen LogP contribution is -2.32. The molecule has 0 radical (unpaired) electrons. The van der Waals surface area contributed by atoms with Gasteiger partial charge in [-0.15, -0.1) is 0 Å². The summed E-state index contributed by atoms with van der Waals surface area (Å²) in [5, 5.41) is 18.9. The minimum Gasteiger partial charge on any atom is -0.454 e. The van der Waals surface area contributed by atoms with E-state index >= 15 is 0 Å². The van der Waals surface area contributed by atoms with Crippen molar-refractivity contribution in [3.63, 3.8) is 0 Å². The van der Waals surface area contributed by atoms with Crippen LogP contribution in [0.5, 0.6) is 11.5 Å². The zero-order valence-corrected chi connectivity index (χ0v) is 11.9. The summed E-state index contributed by atoms with van der Waals surface area (Å²) >= 11 is 1.50. The van der Waals surface area contributed by atoms with Crippen molar-refractivity contribution in [2.75, 3.05) is 18.7 Å². The van der Waals surface area contributed by atoms with Crippen LogP contribution in [0, 0.1) is 0 Å². The molecule has 0 spiro atoms. The fourth-order valence-electron chi connectivity index (χ4n) is 1.92. The topological polar surface area (TPSA) is 79.8 Å². The molecule has 0 bridgehead atoms. The third kappa shape index (κ3) is 3.26. The van der Waals surface area contributed by atoms with Gasteiger partial charge in [-0.1, -0.05) is 0 Å². The quantitative estimate of drug-likeness (QED) is 0.810. The Labute approximate surface area is 125 Å². The first kappa shape index (κ1) is 13.7. The summed E-state index contributed by atoms with van der Waals surface area (Å²) in [6.45, 7) is 0.338. The summed E-state index contributed by atoms with van der Waals surface area (Å²) in [5.74, 6) is 1.26. The van der Waals surface area contributed by atoms with Gasteiger partial charge in [-0.3, -0.25) is 0 Å². The lowest BCUT2D eigenvalue weighted by Gasteiger charge is -2.11. The van der Waals surface area contributed by atoms with E-state index in [2.05, 4.69) is 10.6 Å². The molecule has 1 aromatic carbocycles. The summed E-state index contributed by atoms with van der Waals surface area (Å²) in [6, 6.07) is 6.59. The minimum atomic E-state index is -0.709. The lowest BCUT2D eigenvalue weighted by atomic mass is 10.2. The van der Waals surface area contributed by atoms with Crippen molar-refractivity contribution >= 4 is 23.1 Å². The van der Waals surface area contributed by atoms with E-state index in [1.165, 1.54) is 11.3 Å². The molecule has 2 amide bonds. The summed E-state index contributed by atoms with van der Waals surface area (Å²) in [4.78, 5) is 11.8. The van der Waals surface area contributed by atoms with Crippen LogP contribution in [-0.4, -0.2) is 24.5 Å². The fraction of sp³-hybridized carbons (Fsp3) is 0.214. The van der Waals surface area contributed by atoms with Crippen LogP contribution in [0.2, 0.25) is 0 Å². The van der Waals surface area contributed by atoms with Gasteiger partial charge >= 0.3 is 6.03 Å². The van der Waals surface area contributed by atoms with Gasteiger partial charge in [0.25, 0.3) is 0 Å². The van der Waals surface area contributed by atoms with E-state index in [-0.39, 0.29) is 19.4 Å². The Bertz CT molecular complexity index is 630. The molecule has 0 fully saturated rings. The van der Waals surface area contributed by atoms with Crippen molar-refractivity contribution in [1.82, 2.24) is 5.32 Å². The number of carbonyl (C=O) groups is 1. The number of rotatable bonds is 4. The Morgan fingerprint density at radius 1 is 1.33 bits per heavy atom. The van der Waals surface area contributed by atoms with E-state index in [0.29, 0.717) is 17.2 Å². The van der Waals surface area contributed by atoms with Crippen molar-refractivity contribution in [3.05, 3.63) is 40.6 Å². The summed E-state index contributed by atoms with van der Waals surface area (Å²) < 4.78 is 10.4. The second kappa shape index (κ2) is 6.02. The maximum atomic E-state index is 11.8. The van der Waals surface area contributed by atoms with Crippen LogP contribution < -0.4 is 20.1 Å². The predicted octanol–water partition coefficient (Wildman–Crippen LogP) is 2.33. The largest absolute Gasteiger partial charge is 0.454 e. The second-order valence-electron chi connectivity index (χ2n) is 4.48. The number of aliphatic hydroxyl groups excluding tert-OH is 1. The lowest BCUT2D eigenvalue weighted by molar-refractivity contribution is 0.174. The zero-order valence-electron chi connectivity index (χ0n) is 11.0. The van der Waals surface area contributed by atoms with E-state index in [9.17, 15) is 9.90 Å². The third-order valence-corrected chi connectivity index (χ3v) is 3.72. The Morgan fingerprint density at radius 2 is 2.19 bits per heavy atom. The Balaban J connectivity index is 1.52. The van der Waals surface area contributed by atoms with Crippen LogP contribution in [0.15, 0.2) is 35.0 Å². The minimum absolute atomic E-state index is 0.146. The predicted molar refractivity (Wildman–Crippen MR) is 78.9 cm³/mol. The van der Waals surface area contributed by atoms with Gasteiger partial charge < -0.3 is 25.2 Å². The molecule has 6 nitrogen and oxygen atoms in total. The van der Waals surface area contributed by atoms with E-state index in [1.807, 2.05) is 16.8 Å². The molecule has 1 aliphatic heterocycles. The molecule has 3 rings (SSSR count). The molecule has 21 heavy (non-hydrogen) atoms. The fourth-order valence-corrected chi connectivity index (χ4v) is 2.63. The second-order valence-corrected chi connectivity index (χ2v) is 5.26. The molecule has 110 valence electrons. The van der Waals surface area contributed by atoms with Crippen LogP contribution in [0.1, 0.15) is 11.7 Å². The number of hydrogen-bond donors (Lipinski definition) is 3. The van der Waals surface area contributed by atoms with Crippen LogP contribution in [0.4, 0.5) is 10.5 Å². The highest BCUT2D eigenvalue weighted by Gasteiger charge is 2.14. The van der Waals surface area contributed by atoms with Crippen molar-refractivity contribution in [2.24, 2.45) is 0 Å². The first-order chi connectivity index (χ1) is 10.2. The number of amides is 2. The van der Waals surface area contributed by atoms with Gasteiger partial charge in [0, 0.05) is 18.3 Å². The number of urea groups is 1. The van der Waals surface area contributed by atoms with Crippen molar-refractivity contribution < 1.29 is 19.4 Å². The molecule has 1 unspecified atom stereocenters. The average molecular weight is 306 g/mol. The van der Waals surface area contributed by atoms with Gasteiger partial charge in [0.05, 0.1) is 6.10 Å². The number of fused-ring (bicyclic) bond motifs is 1. The van der Waals surface area contributed by atoms with E-state index in [1.54, 1.807) is 18.2 Å². The number of nitrogens with one attached hydrogen (secondary N) is 2. The number of anilines is 1. The number of thiophene rings is 1. The molecular weight excluding hydrogens is 292 g/mol. The van der Waals surface area contributed by atoms with Crippen molar-refractivity contribution in [1.29, 1.82) is 0 Å². The highest BCUT2D eigenvalue weighted by atomic mass is 32.1. The molecule has 1 atom stereocenters. The number of ether oxygens (including phenoxy) is 2. The average Bonchev–Trinajstić information content (AvgIpc) is 3.15. The van der Waals surface area contributed by atoms with Crippen molar-refractivity contribution in [2.45, 2.75) is 6.10 Å². The van der Waals surface area contributed by atoms with Crippen LogP contribution in [0.3, 0.4) is 0 Å². The normalized spacial score (nSPS) is 13.8. The highest BCUT2D eigenvalue weighted by Crippen LogP contribution is 2.34. The summed E-state index contributed by atoms with van der Waals surface area (Å²) in [5.41, 5.74) is 1.39. The smallest absolute Gasteiger partial charge is 0.319 e. The Kier molecular flexibility index (Phi) is 3.94. The Morgan fingerprint density at radius 3 is 3.00 bits per heavy atom. The van der Waals surface area contributed by atoms with Crippen LogP contribution in [0.25, 0.3) is 0 Å². The number of carbonyl (C=O) groups excluding carboxylic acids is 1. The zero-order chi connectivity index (χ0) is 14.7. The van der Waals surface area contributed by atoms with E-state index in [4.69, 9.17) is 9.47 Å². The molecule has 0 aliphatic carbocycles. The first-order valence-electron chi connectivity index (χ1n) is 6.37. The van der Waals surface area contributed by atoms with Gasteiger partial charge in [0.15, 0.2) is 11.5 Å². The number of hydrogen-bond acceptors (Lipinski definition) is 5. The van der Waals surface area contributed by atoms with E-state index < -0.39 is 6.10 Å². The van der Waals surface area contributed by atoms with Gasteiger partial charge in [-0.2, -0.15) is 11.3 Å². The van der Waals surface area contributed by atoms with Crippen LogP contribution >= 0.6 is 11.3 Å². The molecule has 1 aromatic heterocycles. The molecule has 0 saturated heterocycles. The van der Waals surface area contributed by atoms with E-state index in [0.717, 1.165) is 5.56 Å². The van der Waals surface area contributed by atoms with Gasteiger partial charge in [-0.25, -0.2) is 4.79 Å². The number of aliphatic hydroxyl groups is 1. The highest BCUT2D eigenvalue weighted by molar-refractivity contribution is 7.07. The third-order valence-electron chi connectivity index (χ3n) is 3.01. The summed E-state index contributed by atoms with van der Waals surface area (Å²) in [6.07, 6.45) is -0.709. The van der Waals surface area contributed by atoms with Gasteiger partial charge in [-0.05, 0) is 34.5 Å². The standard InChI is InChI=1S/C14H14N2O4S/c17-11(9-3-4-21-7-9)6-15-14(18)16-10-1-2-12-13(5-10)20-8-19-12/h1-5,7,11,17H,6,8H2,(H2,15,16,18). The van der Waals surface area contributed by atoms with Gasteiger partial charge in [0.2, 0.25) is 6.79 Å². The summed E-state index contributed by atoms with van der Waals surface area (Å²) in [7, 11) is 0. The SMILES string of the molecule is O=C(NCC(O)c1ccsc1)Nc1ccc2c(c1)OCO2. The molecule has 0 saturated carbocycles. The van der Waals surface area contributed by atoms with Crippen LogP contribution in [-0.2, 0) is 0 Å². The molecule has 2 heterocycles. The molecule has 2 aromatic rings. The maximum Gasteiger partial charge on any atom is 0.319 e. The molecule has 1 aliphatic rings. The maximum absolute atomic E-state index is 11.8. The van der Waals surface area contributed by atoms with Gasteiger partial charge in [0.1, 0.15) is 0 Å². The monoisotopic (exact) mass is 306 g/mol. The first-order valence-corrected chi connectivity index (χ1v) is 7.31. The number of benzene rings is 1. The Hall–Kier alpha value is -2.25. The van der Waals surface area contributed by atoms with Crippen molar-refractivity contribution in [3.8, 4) is 11.5 Å². The molecule has 7 heteroatoms. The molecule has 3 N–H and O–H groups in total. The molecular formula is C14H14N2O4S.